The molecule has 1 aromatic carbocycles. The minimum atomic E-state index is -4.45. The number of aliphatic carboxylic acids is 1. The van der Waals surface area contributed by atoms with Gasteiger partial charge in [-0.15, -0.1) is 0 Å². The molecule has 1 aromatic rings. The predicted molar refractivity (Wildman–Crippen MR) is 60.3 cm³/mol. The average Bonchev–Trinajstić information content (AvgIpc) is 2.26. The highest BCUT2D eigenvalue weighted by Gasteiger charge is 2.30. The maximum atomic E-state index is 12.4. The summed E-state index contributed by atoms with van der Waals surface area (Å²) in [7, 11) is 0. The summed E-state index contributed by atoms with van der Waals surface area (Å²) < 4.78 is 37.1. The van der Waals surface area contributed by atoms with Crippen molar-refractivity contribution in [3.63, 3.8) is 0 Å². The van der Waals surface area contributed by atoms with E-state index in [0.717, 1.165) is 24.3 Å². The number of benzene rings is 1. The van der Waals surface area contributed by atoms with Gasteiger partial charge < -0.3 is 10.4 Å². The lowest BCUT2D eigenvalue weighted by Gasteiger charge is -2.17. The van der Waals surface area contributed by atoms with Gasteiger partial charge in [0.05, 0.1) is 18.0 Å². The molecule has 0 aliphatic rings. The van der Waals surface area contributed by atoms with Gasteiger partial charge >= 0.3 is 12.1 Å². The third-order valence-electron chi connectivity index (χ3n) is 2.40. The predicted octanol–water partition coefficient (Wildman–Crippen LogP) is 2.36. The minimum absolute atomic E-state index is 0.311. The molecule has 7 heteroatoms. The summed E-state index contributed by atoms with van der Waals surface area (Å²) in [5.41, 5.74) is -0.515. The van der Waals surface area contributed by atoms with Gasteiger partial charge in [0.1, 0.15) is 0 Å². The van der Waals surface area contributed by atoms with Crippen molar-refractivity contribution in [1.82, 2.24) is 5.32 Å². The molecule has 1 atom stereocenters. The van der Waals surface area contributed by atoms with Gasteiger partial charge in [-0.25, -0.2) is 0 Å². The van der Waals surface area contributed by atoms with E-state index in [1.54, 1.807) is 0 Å². The van der Waals surface area contributed by atoms with Crippen LogP contribution in [0.2, 0.25) is 0 Å². The summed E-state index contributed by atoms with van der Waals surface area (Å²) in [6, 6.07) is 3.17. The van der Waals surface area contributed by atoms with Crippen molar-refractivity contribution in [2.75, 3.05) is 0 Å². The lowest BCUT2D eigenvalue weighted by molar-refractivity contribution is -0.139. The van der Waals surface area contributed by atoms with Gasteiger partial charge in [0.2, 0.25) is 5.91 Å². The Kier molecular flexibility index (Phi) is 4.52. The molecular weight excluding hydrogens is 263 g/mol. The quantitative estimate of drug-likeness (QED) is 0.886. The number of carbonyl (C=O) groups is 2. The normalized spacial score (nSPS) is 12.8. The molecule has 0 aliphatic carbocycles. The van der Waals surface area contributed by atoms with Crippen LogP contribution in [-0.2, 0) is 15.8 Å². The van der Waals surface area contributed by atoms with Crippen LogP contribution in [0.5, 0.6) is 0 Å². The zero-order valence-electron chi connectivity index (χ0n) is 9.99. The highest BCUT2D eigenvalue weighted by Crippen LogP contribution is 2.30. The molecule has 2 N–H and O–H groups in total. The first-order valence-electron chi connectivity index (χ1n) is 5.36. The number of alkyl halides is 3. The molecule has 0 saturated heterocycles. The van der Waals surface area contributed by atoms with E-state index in [9.17, 15) is 22.8 Å². The molecule has 0 heterocycles. The first kappa shape index (κ1) is 15.0. The molecule has 0 spiro atoms. The van der Waals surface area contributed by atoms with Crippen molar-refractivity contribution in [3.05, 3.63) is 35.4 Å². The van der Waals surface area contributed by atoms with Gasteiger partial charge in [-0.3, -0.25) is 9.59 Å². The van der Waals surface area contributed by atoms with Crippen LogP contribution in [0.15, 0.2) is 24.3 Å². The molecular formula is C12H12F3NO3. The van der Waals surface area contributed by atoms with Crippen molar-refractivity contribution >= 4 is 11.9 Å². The van der Waals surface area contributed by atoms with Crippen LogP contribution in [0.4, 0.5) is 13.2 Å². The van der Waals surface area contributed by atoms with Crippen LogP contribution in [0, 0.1) is 0 Å². The van der Waals surface area contributed by atoms with Crippen LogP contribution in [0.25, 0.3) is 0 Å². The summed E-state index contributed by atoms with van der Waals surface area (Å²) in [6.45, 7) is 1.21. The first-order valence-corrected chi connectivity index (χ1v) is 5.36. The van der Waals surface area contributed by atoms with E-state index in [2.05, 4.69) is 5.32 Å². The Bertz CT molecular complexity index is 452. The van der Waals surface area contributed by atoms with E-state index in [0.29, 0.717) is 5.56 Å². The van der Waals surface area contributed by atoms with E-state index in [1.807, 2.05) is 0 Å². The smallest absolute Gasteiger partial charge is 0.416 e. The molecule has 0 unspecified atom stereocenters. The van der Waals surface area contributed by atoms with Crippen molar-refractivity contribution in [3.8, 4) is 0 Å². The van der Waals surface area contributed by atoms with Gasteiger partial charge in [0.15, 0.2) is 0 Å². The van der Waals surface area contributed by atoms with E-state index in [-0.39, 0.29) is 0 Å². The van der Waals surface area contributed by atoms with E-state index < -0.39 is 36.1 Å². The van der Waals surface area contributed by atoms with E-state index in [4.69, 9.17) is 5.11 Å². The van der Waals surface area contributed by atoms with Crippen LogP contribution in [0.3, 0.4) is 0 Å². The van der Waals surface area contributed by atoms with Crippen molar-refractivity contribution < 1.29 is 27.9 Å². The number of rotatable bonds is 4. The van der Waals surface area contributed by atoms with Crippen molar-refractivity contribution in [2.24, 2.45) is 0 Å². The lowest BCUT2D eigenvalue weighted by atomic mass is 10.0. The Morgan fingerprint density at radius 3 is 2.16 bits per heavy atom. The SMILES string of the molecule is CC(=O)N[C@H](CC(=O)O)c1ccc(C(F)(F)F)cc1. The Labute approximate surface area is 107 Å². The first-order chi connectivity index (χ1) is 8.70. The fourth-order valence-electron chi connectivity index (χ4n) is 1.58. The summed E-state index contributed by atoms with van der Waals surface area (Å²) in [4.78, 5) is 21.6. The molecule has 4 nitrogen and oxygen atoms in total. The molecule has 0 radical (unpaired) electrons. The van der Waals surface area contributed by atoms with E-state index >= 15 is 0 Å². The highest BCUT2D eigenvalue weighted by atomic mass is 19.4. The van der Waals surface area contributed by atoms with Crippen LogP contribution in [-0.4, -0.2) is 17.0 Å². The molecule has 0 bridgehead atoms. The molecule has 0 saturated carbocycles. The van der Waals surface area contributed by atoms with Gasteiger partial charge in [0.25, 0.3) is 0 Å². The van der Waals surface area contributed by atoms with Gasteiger partial charge in [0, 0.05) is 6.92 Å². The maximum Gasteiger partial charge on any atom is 0.416 e. The Balaban J connectivity index is 2.96. The molecule has 104 valence electrons. The molecule has 19 heavy (non-hydrogen) atoms. The van der Waals surface area contributed by atoms with Crippen LogP contribution < -0.4 is 5.32 Å². The zero-order chi connectivity index (χ0) is 14.6. The number of carboxylic acid groups (broad SMARTS) is 1. The molecule has 0 aromatic heterocycles. The second kappa shape index (κ2) is 5.73. The zero-order valence-corrected chi connectivity index (χ0v) is 9.99. The highest BCUT2D eigenvalue weighted by molar-refractivity contribution is 5.75. The Morgan fingerprint density at radius 2 is 1.79 bits per heavy atom. The van der Waals surface area contributed by atoms with Gasteiger partial charge in [-0.1, -0.05) is 12.1 Å². The number of halogens is 3. The van der Waals surface area contributed by atoms with E-state index in [1.165, 1.54) is 6.92 Å². The van der Waals surface area contributed by atoms with Crippen LogP contribution >= 0.6 is 0 Å². The third kappa shape index (κ3) is 4.61. The average molecular weight is 275 g/mol. The standard InChI is InChI=1S/C12H12F3NO3/c1-7(17)16-10(6-11(18)19)8-2-4-9(5-3-8)12(13,14)15/h2-5,10H,6H2,1H3,(H,16,17)(H,18,19)/t10-/m1/s1. The minimum Gasteiger partial charge on any atom is -0.481 e. The summed E-state index contributed by atoms with van der Waals surface area (Å²) in [6.07, 6.45) is -4.85. The number of amides is 1. The lowest BCUT2D eigenvalue weighted by Crippen LogP contribution is -2.28. The summed E-state index contributed by atoms with van der Waals surface area (Å²) >= 11 is 0. The third-order valence-corrected chi connectivity index (χ3v) is 2.40. The maximum absolute atomic E-state index is 12.4. The largest absolute Gasteiger partial charge is 0.481 e. The summed E-state index contributed by atoms with van der Waals surface area (Å²) in [5, 5.41) is 11.1. The number of carbonyl (C=O) groups excluding carboxylic acids is 1. The van der Waals surface area contributed by atoms with Crippen molar-refractivity contribution in [2.45, 2.75) is 25.6 Å². The monoisotopic (exact) mass is 275 g/mol. The summed E-state index contributed by atoms with van der Waals surface area (Å²) in [5.74, 6) is -1.61. The molecule has 1 amide bonds. The van der Waals surface area contributed by atoms with Crippen molar-refractivity contribution in [1.29, 1.82) is 0 Å². The molecule has 0 aliphatic heterocycles. The number of hydrogen-bond acceptors (Lipinski definition) is 2. The molecule has 0 fully saturated rings. The van der Waals surface area contributed by atoms with Crippen LogP contribution in [0.1, 0.15) is 30.5 Å². The number of hydrogen-bond donors (Lipinski definition) is 2. The van der Waals surface area contributed by atoms with Gasteiger partial charge in [-0.2, -0.15) is 13.2 Å². The fraction of sp³-hybridized carbons (Fsp3) is 0.333. The Hall–Kier alpha value is -2.05. The number of nitrogens with one attached hydrogen (secondary N) is 1. The Morgan fingerprint density at radius 1 is 1.26 bits per heavy atom. The fourth-order valence-corrected chi connectivity index (χ4v) is 1.58. The molecule has 1 rings (SSSR count). The topological polar surface area (TPSA) is 66.4 Å². The second-order valence-electron chi connectivity index (χ2n) is 3.97. The van der Waals surface area contributed by atoms with Gasteiger partial charge in [-0.05, 0) is 17.7 Å². The second-order valence-corrected chi connectivity index (χ2v) is 3.97. The number of carboxylic acids is 1.